The molecule has 118 valence electrons. The maximum absolute atomic E-state index is 10.6. The second-order valence-corrected chi connectivity index (χ2v) is 7.53. The Balaban J connectivity index is 2.02. The number of carbonyl (C=O) groups is 1. The molecule has 1 aliphatic heterocycles. The van der Waals surface area contributed by atoms with Crippen LogP contribution in [0.1, 0.15) is 30.7 Å². The number of anilines is 1. The first kappa shape index (κ1) is 15.5. The number of nitrogens with two attached hydrogens (primary N) is 1. The summed E-state index contributed by atoms with van der Waals surface area (Å²) in [7, 11) is 0. The van der Waals surface area contributed by atoms with Gasteiger partial charge >= 0.3 is 0 Å². The summed E-state index contributed by atoms with van der Waals surface area (Å²) in [5.74, 6) is -0.930. The van der Waals surface area contributed by atoms with Gasteiger partial charge in [0.2, 0.25) is 0 Å². The smallest absolute Gasteiger partial charge is 0.191 e. The van der Waals surface area contributed by atoms with E-state index >= 15 is 0 Å². The van der Waals surface area contributed by atoms with Crippen molar-refractivity contribution in [2.45, 2.75) is 44.1 Å². The van der Waals surface area contributed by atoms with Crippen molar-refractivity contribution in [3.05, 3.63) is 10.4 Å². The molecule has 0 unspecified atom stereocenters. The second kappa shape index (κ2) is 5.68. The summed E-state index contributed by atoms with van der Waals surface area (Å²) >= 11 is 2.56. The van der Waals surface area contributed by atoms with Crippen LogP contribution in [0.25, 0.3) is 10.2 Å². The molecule has 0 bridgehead atoms. The van der Waals surface area contributed by atoms with Gasteiger partial charge in [-0.1, -0.05) is 18.7 Å². The maximum Gasteiger partial charge on any atom is 0.191 e. The lowest BCUT2D eigenvalue weighted by molar-refractivity contribution is -0.301. The fourth-order valence-corrected chi connectivity index (χ4v) is 4.23. The van der Waals surface area contributed by atoms with Crippen molar-refractivity contribution < 1.29 is 14.6 Å². The number of carboxylic acid groups (broad SMARTS) is 1. The van der Waals surface area contributed by atoms with Crippen molar-refractivity contribution in [2.24, 2.45) is 0 Å². The van der Waals surface area contributed by atoms with Gasteiger partial charge in [0.25, 0.3) is 0 Å². The normalized spacial score (nSPS) is 21.0. The Hall–Kier alpha value is -1.38. The molecular formula is C14H16N3O3S2-. The van der Waals surface area contributed by atoms with Gasteiger partial charge in [0.1, 0.15) is 10.6 Å². The summed E-state index contributed by atoms with van der Waals surface area (Å²) in [4.78, 5) is 21.1. The molecule has 1 aliphatic rings. The first-order chi connectivity index (χ1) is 10.4. The third kappa shape index (κ3) is 2.78. The Kier molecular flexibility index (Phi) is 4.00. The molecule has 8 heteroatoms. The number of hydrogen-bond donors (Lipinski definition) is 1. The molecule has 2 aromatic heterocycles. The van der Waals surface area contributed by atoms with E-state index in [0.717, 1.165) is 39.7 Å². The highest BCUT2D eigenvalue weighted by molar-refractivity contribution is 7.99. The minimum atomic E-state index is -1.15. The van der Waals surface area contributed by atoms with Gasteiger partial charge < -0.3 is 20.4 Å². The van der Waals surface area contributed by atoms with E-state index in [2.05, 4.69) is 23.8 Å². The lowest BCUT2D eigenvalue weighted by atomic mass is 9.90. The van der Waals surface area contributed by atoms with Crippen molar-refractivity contribution in [3.63, 3.8) is 0 Å². The molecule has 0 saturated heterocycles. The van der Waals surface area contributed by atoms with Crippen LogP contribution < -0.4 is 10.8 Å². The summed E-state index contributed by atoms with van der Waals surface area (Å²) < 4.78 is 5.95. The van der Waals surface area contributed by atoms with E-state index < -0.39 is 5.97 Å². The number of hydrogen-bond acceptors (Lipinski definition) is 8. The molecule has 0 aromatic carbocycles. The van der Waals surface area contributed by atoms with Crippen LogP contribution in [0, 0.1) is 0 Å². The highest BCUT2D eigenvalue weighted by Crippen LogP contribution is 2.41. The van der Waals surface area contributed by atoms with Crippen LogP contribution in [0.5, 0.6) is 0 Å². The highest BCUT2D eigenvalue weighted by atomic mass is 32.2. The molecule has 0 aliphatic carbocycles. The second-order valence-electron chi connectivity index (χ2n) is 5.50. The number of aliphatic carboxylic acids is 1. The van der Waals surface area contributed by atoms with Crippen molar-refractivity contribution in [1.29, 1.82) is 0 Å². The first-order valence-electron chi connectivity index (χ1n) is 6.96. The lowest BCUT2D eigenvalue weighted by Crippen LogP contribution is -2.33. The number of nitrogens with zero attached hydrogens (tertiary/aromatic N) is 2. The zero-order valence-electron chi connectivity index (χ0n) is 12.3. The Morgan fingerprint density at radius 3 is 3.00 bits per heavy atom. The van der Waals surface area contributed by atoms with Crippen LogP contribution in [-0.4, -0.2) is 27.3 Å². The van der Waals surface area contributed by atoms with E-state index in [1.54, 1.807) is 11.3 Å². The molecule has 0 saturated carbocycles. The van der Waals surface area contributed by atoms with Gasteiger partial charge in [-0.3, -0.25) is 0 Å². The monoisotopic (exact) mass is 338 g/mol. The van der Waals surface area contributed by atoms with Gasteiger partial charge in [-0.2, -0.15) is 0 Å². The largest absolute Gasteiger partial charge is 0.549 e. The molecule has 1 atom stereocenters. The number of nitrogen functional groups attached to an aromatic ring is 1. The van der Waals surface area contributed by atoms with Gasteiger partial charge in [-0.05, 0) is 18.9 Å². The summed E-state index contributed by atoms with van der Waals surface area (Å²) in [5, 5.41) is 11.8. The van der Waals surface area contributed by atoms with E-state index in [1.165, 1.54) is 5.56 Å². The predicted molar refractivity (Wildman–Crippen MR) is 84.7 cm³/mol. The van der Waals surface area contributed by atoms with Crippen LogP contribution >= 0.6 is 23.1 Å². The van der Waals surface area contributed by atoms with E-state index in [4.69, 9.17) is 10.5 Å². The molecule has 22 heavy (non-hydrogen) atoms. The molecule has 6 nitrogen and oxygen atoms in total. The highest BCUT2D eigenvalue weighted by Gasteiger charge is 2.32. The Bertz CT molecular complexity index is 746. The number of carbonyl (C=O) groups excluding carboxylic acids is 1. The molecule has 3 heterocycles. The number of thiophene rings is 1. The number of thioether (sulfide) groups is 1. The molecule has 2 N–H and O–H groups in total. The van der Waals surface area contributed by atoms with Gasteiger partial charge in [-0.15, -0.1) is 11.3 Å². The van der Waals surface area contributed by atoms with Crippen LogP contribution in [0.15, 0.2) is 5.16 Å². The number of ether oxygens (including phenoxy) is 1. The minimum absolute atomic E-state index is 0.185. The molecular weight excluding hydrogens is 322 g/mol. The summed E-state index contributed by atoms with van der Waals surface area (Å²) in [6.45, 7) is 4.76. The van der Waals surface area contributed by atoms with E-state index in [0.29, 0.717) is 17.6 Å². The van der Waals surface area contributed by atoms with E-state index in [9.17, 15) is 9.90 Å². The quantitative estimate of drug-likeness (QED) is 0.663. The fourth-order valence-electron chi connectivity index (χ4n) is 2.49. The first-order valence-corrected chi connectivity index (χ1v) is 8.76. The molecule has 0 spiro atoms. The Labute approximate surface area is 136 Å². The number of carboxylic acids is 1. The minimum Gasteiger partial charge on any atom is -0.549 e. The van der Waals surface area contributed by atoms with Crippen LogP contribution in [0.3, 0.4) is 0 Å². The predicted octanol–water partition coefficient (Wildman–Crippen LogP) is 1.36. The van der Waals surface area contributed by atoms with Crippen molar-refractivity contribution in [2.75, 3.05) is 11.5 Å². The number of aromatic nitrogens is 2. The van der Waals surface area contributed by atoms with Crippen molar-refractivity contribution in [1.82, 2.24) is 9.97 Å². The van der Waals surface area contributed by atoms with Crippen molar-refractivity contribution in [3.8, 4) is 0 Å². The molecule has 3 rings (SSSR count). The summed E-state index contributed by atoms with van der Waals surface area (Å²) in [6, 6.07) is 0. The number of rotatable bonds is 4. The van der Waals surface area contributed by atoms with Crippen LogP contribution in [-0.2, 0) is 22.6 Å². The average molecular weight is 338 g/mol. The molecule has 0 radical (unpaired) electrons. The molecule has 0 amide bonds. The van der Waals surface area contributed by atoms with Crippen LogP contribution in [0.2, 0.25) is 0 Å². The molecule has 0 fully saturated rings. The number of fused-ring (bicyclic) bond motifs is 3. The van der Waals surface area contributed by atoms with Gasteiger partial charge in [-0.25, -0.2) is 9.97 Å². The van der Waals surface area contributed by atoms with Crippen LogP contribution in [0.4, 0.5) is 5.82 Å². The zero-order valence-corrected chi connectivity index (χ0v) is 14.0. The Morgan fingerprint density at radius 1 is 1.55 bits per heavy atom. The lowest BCUT2D eigenvalue weighted by Gasteiger charge is -2.33. The van der Waals surface area contributed by atoms with Gasteiger partial charge in [0.05, 0.1) is 23.6 Å². The summed E-state index contributed by atoms with van der Waals surface area (Å²) in [6.07, 6.45) is 1.71. The summed E-state index contributed by atoms with van der Waals surface area (Å²) in [5.41, 5.74) is 7.09. The third-order valence-corrected chi connectivity index (χ3v) is 5.83. The fraction of sp³-hybridized carbons (Fsp3) is 0.500. The van der Waals surface area contributed by atoms with E-state index in [1.807, 2.05) is 0 Å². The third-order valence-electron chi connectivity index (χ3n) is 3.91. The maximum atomic E-state index is 10.6. The van der Waals surface area contributed by atoms with E-state index in [-0.39, 0.29) is 11.4 Å². The topological polar surface area (TPSA) is 101 Å². The standard InChI is InChI=1S/C14H17N3O3S2/c1-3-14(2)4-7-8(5-20-14)22-12-10(7)11(15)16-13(17-12)21-6-9(18)19/h3-6H2,1-2H3,(H,18,19)(H2,15,16,17)/p-1/t14-/m0/s1. The zero-order chi connectivity index (χ0) is 15.9. The van der Waals surface area contributed by atoms with Gasteiger partial charge in [0, 0.05) is 17.1 Å². The Morgan fingerprint density at radius 2 is 2.32 bits per heavy atom. The SMILES string of the molecule is CC[C@@]1(C)Cc2c(sc3nc(SCC(=O)[O-])nc(N)c23)CO1. The molecule has 2 aromatic rings. The van der Waals surface area contributed by atoms with Crippen molar-refractivity contribution >= 4 is 45.1 Å². The average Bonchev–Trinajstić information content (AvgIpc) is 2.83. The van der Waals surface area contributed by atoms with Gasteiger partial charge in [0.15, 0.2) is 5.16 Å².